The molecule has 0 aliphatic rings. The number of ketones is 1. The van der Waals surface area contributed by atoms with Gasteiger partial charge in [-0.05, 0) is 19.9 Å². The monoisotopic (exact) mass is 295 g/mol. The lowest BCUT2D eigenvalue weighted by molar-refractivity contribution is -0.128. The van der Waals surface area contributed by atoms with E-state index in [-0.39, 0.29) is 6.29 Å². The number of aryl methyl sites for hydroxylation is 2. The van der Waals surface area contributed by atoms with E-state index >= 15 is 0 Å². The molecule has 2 heterocycles. The Morgan fingerprint density at radius 2 is 1.77 bits per heavy atom. The summed E-state index contributed by atoms with van der Waals surface area (Å²) in [6, 6.07) is 12.4. The van der Waals surface area contributed by atoms with Crippen molar-refractivity contribution < 1.29 is 9.59 Å². The number of fused-ring (bicyclic) bond motifs is 1. The highest BCUT2D eigenvalue weighted by atomic mass is 16.2. The van der Waals surface area contributed by atoms with Gasteiger partial charge in [-0.2, -0.15) is 5.10 Å². The van der Waals surface area contributed by atoms with Crippen molar-refractivity contribution >= 4 is 17.7 Å². The van der Waals surface area contributed by atoms with Crippen molar-refractivity contribution in [1.29, 1.82) is 0 Å². The van der Waals surface area contributed by atoms with Crippen LogP contribution < -0.4 is 0 Å². The van der Waals surface area contributed by atoms with E-state index in [1.165, 1.54) is 12.5 Å². The van der Waals surface area contributed by atoms with E-state index < -0.39 is 5.78 Å². The van der Waals surface area contributed by atoms with E-state index in [4.69, 9.17) is 4.79 Å². The van der Waals surface area contributed by atoms with Crippen LogP contribution in [0.3, 0.4) is 0 Å². The molecule has 2 aromatic heterocycles. The van der Waals surface area contributed by atoms with Gasteiger partial charge < -0.3 is 0 Å². The maximum atomic E-state index is 9.44. The molecule has 3 rings (SSSR count). The number of benzene rings is 1. The fourth-order valence-corrected chi connectivity index (χ4v) is 1.97. The van der Waals surface area contributed by atoms with E-state index in [0.29, 0.717) is 0 Å². The fraction of sp³-hybridized carbons (Fsp3) is 0.176. The summed E-state index contributed by atoms with van der Waals surface area (Å²) in [6.07, 6.45) is 2.06. The third-order valence-electron chi connectivity index (χ3n) is 3.00. The first kappa shape index (κ1) is 15.6. The van der Waals surface area contributed by atoms with Crippen LogP contribution in [-0.2, 0) is 9.59 Å². The van der Waals surface area contributed by atoms with Crippen LogP contribution in [0.1, 0.15) is 18.2 Å². The van der Waals surface area contributed by atoms with Gasteiger partial charge in [0.25, 0.3) is 0 Å². The Hall–Kier alpha value is -2.82. The Kier molecular flexibility index (Phi) is 4.78. The second kappa shape index (κ2) is 6.76. The van der Waals surface area contributed by atoms with Gasteiger partial charge in [-0.15, -0.1) is 0 Å². The van der Waals surface area contributed by atoms with Gasteiger partial charge in [0.05, 0.1) is 11.9 Å². The van der Waals surface area contributed by atoms with Gasteiger partial charge in [0.1, 0.15) is 0 Å². The number of hydrogen-bond acceptors (Lipinski definition) is 4. The number of carbonyl (C=O) groups is 2. The number of hydrogen-bond donors (Lipinski definition) is 0. The number of nitrogens with zero attached hydrogens (tertiary/aromatic N) is 3. The lowest BCUT2D eigenvalue weighted by Gasteiger charge is -2.06. The van der Waals surface area contributed by atoms with Crippen molar-refractivity contribution in [3.63, 3.8) is 0 Å². The summed E-state index contributed by atoms with van der Waals surface area (Å²) in [5.41, 5.74) is 5.40. The molecule has 0 spiro atoms. The van der Waals surface area contributed by atoms with Crippen molar-refractivity contribution in [1.82, 2.24) is 14.6 Å². The quantitative estimate of drug-likeness (QED) is 0.538. The van der Waals surface area contributed by atoms with Crippen molar-refractivity contribution in [2.24, 2.45) is 0 Å². The van der Waals surface area contributed by atoms with Gasteiger partial charge in [0.2, 0.25) is 0 Å². The summed E-state index contributed by atoms with van der Waals surface area (Å²) in [6.45, 7) is 5.31. The van der Waals surface area contributed by atoms with Crippen molar-refractivity contribution in [2.75, 3.05) is 0 Å². The highest BCUT2D eigenvalue weighted by Crippen LogP contribution is 2.21. The van der Waals surface area contributed by atoms with Crippen LogP contribution in [-0.4, -0.2) is 26.7 Å². The first-order chi connectivity index (χ1) is 10.5. The molecule has 0 bridgehead atoms. The third kappa shape index (κ3) is 3.63. The van der Waals surface area contributed by atoms with Crippen LogP contribution in [0.5, 0.6) is 0 Å². The smallest absolute Gasteiger partial charge is 0.192 e. The number of Topliss-reactive ketones (excluding diaryl/α,β-unsaturated/α-hetero) is 1. The Morgan fingerprint density at radius 3 is 2.36 bits per heavy atom. The number of aromatic nitrogens is 3. The number of carbonyl (C=O) groups excluding carboxylic acids is 2. The van der Waals surface area contributed by atoms with Crippen LogP contribution in [0.2, 0.25) is 0 Å². The standard InChI is InChI=1S/C14H13N3.C3H4O2/c1-10-3-5-12(6-4-10)13-9-11(2)16-14-7-8-15-17(13)14;1-3(5)2-4/h3-9H,1-2H3;2H,1H3. The molecule has 0 aliphatic heterocycles. The topological polar surface area (TPSA) is 64.3 Å². The molecule has 0 aliphatic carbocycles. The van der Waals surface area contributed by atoms with E-state index in [0.717, 1.165) is 22.6 Å². The van der Waals surface area contributed by atoms with E-state index in [2.05, 4.69) is 47.3 Å². The highest BCUT2D eigenvalue weighted by Gasteiger charge is 2.06. The molecule has 5 heteroatoms. The largest absolute Gasteiger partial charge is 0.295 e. The summed E-state index contributed by atoms with van der Waals surface area (Å²) in [7, 11) is 0. The molecule has 3 aromatic rings. The Bertz CT molecular complexity index is 804. The number of rotatable bonds is 2. The van der Waals surface area contributed by atoms with Crippen LogP contribution in [0.25, 0.3) is 16.9 Å². The lowest BCUT2D eigenvalue weighted by atomic mass is 10.1. The SMILES string of the molecule is CC(=O)C=O.Cc1ccc(-c2cc(C)nc3ccnn23)cc1. The normalized spacial score (nSPS) is 9.95. The predicted molar refractivity (Wildman–Crippen MR) is 84.6 cm³/mol. The van der Waals surface area contributed by atoms with Gasteiger partial charge in [0.15, 0.2) is 17.7 Å². The first-order valence-corrected chi connectivity index (χ1v) is 6.85. The van der Waals surface area contributed by atoms with Gasteiger partial charge in [0, 0.05) is 24.2 Å². The van der Waals surface area contributed by atoms with Gasteiger partial charge in [-0.3, -0.25) is 9.59 Å². The van der Waals surface area contributed by atoms with Crippen molar-refractivity contribution in [2.45, 2.75) is 20.8 Å². The molecule has 22 heavy (non-hydrogen) atoms. The zero-order chi connectivity index (χ0) is 16.1. The molecule has 0 radical (unpaired) electrons. The second-order valence-electron chi connectivity index (χ2n) is 4.98. The molecule has 0 unspecified atom stereocenters. The minimum absolute atomic E-state index is 0.278. The zero-order valence-corrected chi connectivity index (χ0v) is 12.8. The lowest BCUT2D eigenvalue weighted by Crippen LogP contribution is -1.97. The molecular formula is C17H17N3O2. The molecule has 1 aromatic carbocycles. The molecular weight excluding hydrogens is 278 g/mol. The first-order valence-electron chi connectivity index (χ1n) is 6.85. The summed E-state index contributed by atoms with van der Waals surface area (Å²) < 4.78 is 1.87. The molecule has 0 atom stereocenters. The van der Waals surface area contributed by atoms with Crippen LogP contribution in [0.15, 0.2) is 42.6 Å². The minimum atomic E-state index is -0.426. The average molecular weight is 295 g/mol. The highest BCUT2D eigenvalue weighted by molar-refractivity contribution is 6.23. The molecule has 0 saturated heterocycles. The fourth-order valence-electron chi connectivity index (χ4n) is 1.97. The van der Waals surface area contributed by atoms with E-state index in [9.17, 15) is 4.79 Å². The Balaban J connectivity index is 0.000000309. The molecule has 0 amide bonds. The third-order valence-corrected chi connectivity index (χ3v) is 3.00. The summed E-state index contributed by atoms with van der Waals surface area (Å²) in [5.74, 6) is -0.426. The predicted octanol–water partition coefficient (Wildman–Crippen LogP) is 2.79. The molecule has 5 nitrogen and oxygen atoms in total. The second-order valence-corrected chi connectivity index (χ2v) is 4.98. The van der Waals surface area contributed by atoms with Gasteiger partial charge >= 0.3 is 0 Å². The summed E-state index contributed by atoms with van der Waals surface area (Å²) in [5, 5.41) is 4.31. The molecule has 112 valence electrons. The van der Waals surface area contributed by atoms with Crippen LogP contribution in [0, 0.1) is 13.8 Å². The maximum absolute atomic E-state index is 9.44. The molecule has 0 saturated carbocycles. The Labute approximate surface area is 128 Å². The minimum Gasteiger partial charge on any atom is -0.295 e. The van der Waals surface area contributed by atoms with E-state index in [1.54, 1.807) is 6.20 Å². The van der Waals surface area contributed by atoms with Crippen molar-refractivity contribution in [3.05, 3.63) is 53.9 Å². The van der Waals surface area contributed by atoms with E-state index in [1.807, 2.05) is 17.5 Å². The van der Waals surface area contributed by atoms with Crippen LogP contribution >= 0.6 is 0 Å². The Morgan fingerprint density at radius 1 is 1.14 bits per heavy atom. The summed E-state index contributed by atoms with van der Waals surface area (Å²) in [4.78, 5) is 23.0. The summed E-state index contributed by atoms with van der Waals surface area (Å²) >= 11 is 0. The average Bonchev–Trinajstić information content (AvgIpc) is 2.96. The van der Waals surface area contributed by atoms with Crippen LogP contribution in [0.4, 0.5) is 0 Å². The maximum Gasteiger partial charge on any atom is 0.192 e. The zero-order valence-electron chi connectivity index (χ0n) is 12.8. The van der Waals surface area contributed by atoms with Gasteiger partial charge in [-0.25, -0.2) is 9.50 Å². The molecule has 0 fully saturated rings. The van der Waals surface area contributed by atoms with Crippen molar-refractivity contribution in [3.8, 4) is 11.3 Å². The van der Waals surface area contributed by atoms with Gasteiger partial charge in [-0.1, -0.05) is 29.8 Å². The number of aldehydes is 1. The molecule has 0 N–H and O–H groups in total.